The normalized spacial score (nSPS) is 17.5. The van der Waals surface area contributed by atoms with Gasteiger partial charge in [0, 0.05) is 18.6 Å². The van der Waals surface area contributed by atoms with Crippen molar-refractivity contribution in [2.45, 2.75) is 88.4 Å². The van der Waals surface area contributed by atoms with E-state index in [1.54, 1.807) is 0 Å². The molecule has 0 unspecified atom stereocenters. The molecule has 4 heteroatoms. The van der Waals surface area contributed by atoms with Crippen molar-refractivity contribution < 1.29 is 9.63 Å². The molecule has 0 aliphatic heterocycles. The predicted molar refractivity (Wildman–Crippen MR) is 149 cm³/mol. The van der Waals surface area contributed by atoms with Crippen molar-refractivity contribution in [3.05, 3.63) is 108 Å². The largest absolute Gasteiger partial charge is 0.365 e. The van der Waals surface area contributed by atoms with Crippen LogP contribution in [0.1, 0.15) is 80.9 Å². The van der Waals surface area contributed by atoms with Gasteiger partial charge in [-0.25, -0.2) is 4.79 Å². The third kappa shape index (κ3) is 5.97. The molecular formula is C33H40N2O2. The zero-order valence-corrected chi connectivity index (χ0v) is 21.9. The van der Waals surface area contributed by atoms with Crippen LogP contribution in [-0.4, -0.2) is 23.1 Å². The topological polar surface area (TPSA) is 41.6 Å². The molecular weight excluding hydrogens is 456 g/mol. The fraction of sp³-hybridized carbons (Fsp3) is 0.424. The van der Waals surface area contributed by atoms with Gasteiger partial charge >= 0.3 is 5.97 Å². The van der Waals surface area contributed by atoms with Crippen molar-refractivity contribution in [1.82, 2.24) is 10.4 Å². The Bertz CT molecular complexity index is 1030. The smallest absolute Gasteiger partial charge is 0.354 e. The van der Waals surface area contributed by atoms with E-state index >= 15 is 0 Å². The van der Waals surface area contributed by atoms with Crippen LogP contribution in [0.25, 0.3) is 0 Å². The zero-order chi connectivity index (χ0) is 25.3. The lowest BCUT2D eigenvalue weighted by atomic mass is 9.82. The molecule has 3 aromatic carbocycles. The fourth-order valence-corrected chi connectivity index (χ4v) is 6.17. The van der Waals surface area contributed by atoms with Crippen molar-refractivity contribution in [3.63, 3.8) is 0 Å². The number of rotatable bonds is 9. The number of nitrogens with one attached hydrogen (secondary N) is 1. The highest BCUT2D eigenvalue weighted by Gasteiger charge is 2.46. The highest BCUT2D eigenvalue weighted by molar-refractivity contribution is 5.87. The maximum atomic E-state index is 14.7. The minimum absolute atomic E-state index is 0.239. The molecule has 0 bridgehead atoms. The summed E-state index contributed by atoms with van der Waals surface area (Å²) in [6.07, 6.45) is 11.8. The molecule has 0 heterocycles. The highest BCUT2D eigenvalue weighted by Crippen LogP contribution is 2.36. The molecule has 0 amide bonds. The molecule has 2 fully saturated rings. The molecule has 37 heavy (non-hydrogen) atoms. The van der Waals surface area contributed by atoms with Gasteiger partial charge in [0.15, 0.2) is 5.54 Å². The molecule has 194 valence electrons. The van der Waals surface area contributed by atoms with E-state index in [2.05, 4.69) is 22.5 Å². The van der Waals surface area contributed by atoms with E-state index in [4.69, 9.17) is 4.84 Å². The van der Waals surface area contributed by atoms with Crippen molar-refractivity contribution in [2.75, 3.05) is 0 Å². The molecule has 0 atom stereocenters. The summed E-state index contributed by atoms with van der Waals surface area (Å²) in [6, 6.07) is 31.1. The van der Waals surface area contributed by atoms with Crippen molar-refractivity contribution in [2.24, 2.45) is 0 Å². The van der Waals surface area contributed by atoms with Gasteiger partial charge in [0.25, 0.3) is 0 Å². The van der Waals surface area contributed by atoms with E-state index in [1.807, 2.05) is 78.9 Å². The van der Waals surface area contributed by atoms with E-state index in [0.29, 0.717) is 18.6 Å². The van der Waals surface area contributed by atoms with Gasteiger partial charge in [0.05, 0.1) is 0 Å². The SMILES string of the molecule is O=C(ON(C1CCCCC1)C1CCCCC1)C(NCc1ccccc1)(c1ccccc1)c1ccccc1. The first-order chi connectivity index (χ1) is 18.3. The lowest BCUT2D eigenvalue weighted by Crippen LogP contribution is -2.55. The second kappa shape index (κ2) is 12.5. The molecule has 0 spiro atoms. The summed E-state index contributed by atoms with van der Waals surface area (Å²) in [4.78, 5) is 21.3. The quantitative estimate of drug-likeness (QED) is 0.320. The Morgan fingerprint density at radius 3 is 1.57 bits per heavy atom. The molecule has 0 saturated heterocycles. The Morgan fingerprint density at radius 2 is 1.11 bits per heavy atom. The van der Waals surface area contributed by atoms with Gasteiger partial charge in [-0.05, 0) is 42.4 Å². The summed E-state index contributed by atoms with van der Waals surface area (Å²) in [5, 5.41) is 5.84. The predicted octanol–water partition coefficient (Wildman–Crippen LogP) is 7.15. The van der Waals surface area contributed by atoms with Crippen molar-refractivity contribution in [1.29, 1.82) is 0 Å². The lowest BCUT2D eigenvalue weighted by Gasteiger charge is -2.42. The van der Waals surface area contributed by atoms with E-state index in [9.17, 15) is 4.79 Å². The summed E-state index contributed by atoms with van der Waals surface area (Å²) in [7, 11) is 0. The van der Waals surface area contributed by atoms with Crippen LogP contribution in [0, 0.1) is 0 Å². The lowest BCUT2D eigenvalue weighted by molar-refractivity contribution is -0.228. The monoisotopic (exact) mass is 496 g/mol. The van der Waals surface area contributed by atoms with Gasteiger partial charge in [-0.3, -0.25) is 5.32 Å². The summed E-state index contributed by atoms with van der Waals surface area (Å²) in [6.45, 7) is 0.548. The molecule has 1 N–H and O–H groups in total. The highest BCUT2D eigenvalue weighted by atomic mass is 16.7. The van der Waals surface area contributed by atoms with Gasteiger partial charge in [0.1, 0.15) is 0 Å². The standard InChI is InChI=1S/C33H40N2O2/c36-32(37-35(30-22-12-4-13-23-30)31-24-14-5-15-25-31)33(28-18-8-2-9-19-28,29-20-10-3-11-21-29)34-26-27-16-6-1-7-17-27/h1-3,6-11,16-21,30-31,34H,4-5,12-15,22-26H2. The fourth-order valence-electron chi connectivity index (χ4n) is 6.17. The van der Waals surface area contributed by atoms with E-state index < -0.39 is 5.54 Å². The molecule has 0 aromatic heterocycles. The first kappa shape index (κ1) is 25.7. The Balaban J connectivity index is 1.54. The minimum atomic E-state index is -1.13. The maximum Gasteiger partial charge on any atom is 0.354 e. The second-order valence-corrected chi connectivity index (χ2v) is 10.6. The average molecular weight is 497 g/mol. The Hall–Kier alpha value is -2.95. The van der Waals surface area contributed by atoms with Gasteiger partial charge < -0.3 is 4.84 Å². The summed E-state index contributed by atoms with van der Waals surface area (Å²) < 4.78 is 0. The Labute approximate surface area is 222 Å². The van der Waals surface area contributed by atoms with Gasteiger partial charge in [-0.15, -0.1) is 5.06 Å². The number of carbonyl (C=O) groups excluding carboxylic acids is 1. The number of hydrogen-bond donors (Lipinski definition) is 1. The van der Waals surface area contributed by atoms with E-state index in [1.165, 1.54) is 38.5 Å². The number of hydroxylamine groups is 2. The van der Waals surface area contributed by atoms with E-state index in [-0.39, 0.29) is 5.97 Å². The van der Waals surface area contributed by atoms with Crippen LogP contribution in [0.4, 0.5) is 0 Å². The minimum Gasteiger partial charge on any atom is -0.365 e. The maximum absolute atomic E-state index is 14.7. The molecule has 2 saturated carbocycles. The van der Waals surface area contributed by atoms with Crippen LogP contribution in [0.5, 0.6) is 0 Å². The summed E-state index contributed by atoms with van der Waals surface area (Å²) in [5.74, 6) is -0.239. The van der Waals surface area contributed by atoms with Crippen LogP contribution in [-0.2, 0) is 21.7 Å². The molecule has 5 rings (SSSR count). The van der Waals surface area contributed by atoms with Gasteiger partial charge in [0.2, 0.25) is 0 Å². The Kier molecular flexibility index (Phi) is 8.70. The van der Waals surface area contributed by atoms with Crippen LogP contribution in [0.3, 0.4) is 0 Å². The first-order valence-corrected chi connectivity index (χ1v) is 14.2. The summed E-state index contributed by atoms with van der Waals surface area (Å²) in [5.41, 5.74) is 1.80. The van der Waals surface area contributed by atoms with Crippen LogP contribution >= 0.6 is 0 Å². The van der Waals surface area contributed by atoms with Crippen molar-refractivity contribution >= 4 is 5.97 Å². The average Bonchev–Trinajstić information content (AvgIpc) is 2.99. The Morgan fingerprint density at radius 1 is 0.676 bits per heavy atom. The molecule has 2 aliphatic rings. The molecule has 2 aliphatic carbocycles. The molecule has 3 aromatic rings. The zero-order valence-electron chi connectivity index (χ0n) is 21.9. The number of benzene rings is 3. The van der Waals surface area contributed by atoms with Gasteiger partial charge in [-0.1, -0.05) is 130 Å². The van der Waals surface area contributed by atoms with Crippen molar-refractivity contribution in [3.8, 4) is 0 Å². The summed E-state index contributed by atoms with van der Waals surface area (Å²) >= 11 is 0. The van der Waals surface area contributed by atoms with Gasteiger partial charge in [-0.2, -0.15) is 0 Å². The number of nitrogens with zero attached hydrogens (tertiary/aromatic N) is 1. The number of hydrogen-bond acceptors (Lipinski definition) is 4. The van der Waals surface area contributed by atoms with Crippen LogP contribution < -0.4 is 5.32 Å². The third-order valence-corrected chi connectivity index (χ3v) is 8.18. The number of carbonyl (C=O) groups is 1. The second-order valence-electron chi connectivity index (χ2n) is 10.6. The molecule has 0 radical (unpaired) electrons. The third-order valence-electron chi connectivity index (χ3n) is 8.18. The first-order valence-electron chi connectivity index (χ1n) is 14.2. The van der Waals surface area contributed by atoms with Crippen LogP contribution in [0.15, 0.2) is 91.0 Å². The van der Waals surface area contributed by atoms with E-state index in [0.717, 1.165) is 42.4 Å². The van der Waals surface area contributed by atoms with Crippen LogP contribution in [0.2, 0.25) is 0 Å². The molecule has 4 nitrogen and oxygen atoms in total.